The molecule has 0 spiro atoms. The van der Waals surface area contributed by atoms with Gasteiger partial charge in [0.25, 0.3) is 5.91 Å². The van der Waals surface area contributed by atoms with Crippen molar-refractivity contribution in [3.63, 3.8) is 0 Å². The minimum atomic E-state index is -1.33. The molecule has 180 valence electrons. The van der Waals surface area contributed by atoms with Crippen molar-refractivity contribution in [3.8, 4) is 0 Å². The van der Waals surface area contributed by atoms with Gasteiger partial charge in [0.1, 0.15) is 6.04 Å². The molecule has 1 amide bonds. The van der Waals surface area contributed by atoms with E-state index < -0.39 is 17.6 Å². The molecule has 1 aliphatic rings. The lowest BCUT2D eigenvalue weighted by atomic mass is 9.80. The van der Waals surface area contributed by atoms with Crippen molar-refractivity contribution in [2.75, 3.05) is 0 Å². The summed E-state index contributed by atoms with van der Waals surface area (Å²) in [4.78, 5) is 33.3. The van der Waals surface area contributed by atoms with Crippen molar-refractivity contribution in [2.45, 2.75) is 31.5 Å². The predicted octanol–water partition coefficient (Wildman–Crippen LogP) is 5.42. The Labute approximate surface area is 211 Å². The van der Waals surface area contributed by atoms with Gasteiger partial charge in [0, 0.05) is 12.0 Å². The molecule has 5 rings (SSSR count). The first-order valence-electron chi connectivity index (χ1n) is 12.1. The molecular formula is C31H28N2O3. The van der Waals surface area contributed by atoms with Crippen LogP contribution in [0, 0.1) is 6.92 Å². The van der Waals surface area contributed by atoms with Crippen LogP contribution in [0.5, 0.6) is 0 Å². The molecule has 0 saturated carbocycles. The number of hydroxylamine groups is 2. The van der Waals surface area contributed by atoms with Gasteiger partial charge in [-0.2, -0.15) is 0 Å². The zero-order chi connectivity index (χ0) is 25.0. The number of aryl methyl sites for hydroxylation is 1. The number of hydrogen-bond acceptors (Lipinski definition) is 4. The number of carbonyl (C=O) groups excluding carboxylic acids is 2. The van der Waals surface area contributed by atoms with Crippen molar-refractivity contribution in [1.29, 1.82) is 0 Å². The molecule has 1 N–H and O–H groups in total. The molecule has 5 heteroatoms. The van der Waals surface area contributed by atoms with E-state index in [2.05, 4.69) is 5.32 Å². The predicted molar refractivity (Wildman–Crippen MR) is 139 cm³/mol. The molecule has 1 fully saturated rings. The summed E-state index contributed by atoms with van der Waals surface area (Å²) in [6.07, 6.45) is 0.287. The van der Waals surface area contributed by atoms with Crippen molar-refractivity contribution in [3.05, 3.63) is 143 Å². The number of nitrogens with one attached hydrogen (secondary N) is 1. The molecule has 1 heterocycles. The number of rotatable bonds is 7. The van der Waals surface area contributed by atoms with Crippen LogP contribution in [-0.4, -0.2) is 22.5 Å². The summed E-state index contributed by atoms with van der Waals surface area (Å²) in [6, 6.07) is 36.2. The molecule has 1 saturated heterocycles. The largest absolute Gasteiger partial charge is 0.365 e. The third-order valence-electron chi connectivity index (χ3n) is 6.59. The molecule has 0 bridgehead atoms. The average Bonchev–Trinajstić information content (AvgIpc) is 3.16. The molecule has 0 unspecified atom stereocenters. The van der Waals surface area contributed by atoms with E-state index in [1.807, 2.05) is 110 Å². The highest BCUT2D eigenvalue weighted by atomic mass is 16.7. The average molecular weight is 477 g/mol. The fourth-order valence-corrected chi connectivity index (χ4v) is 4.80. The van der Waals surface area contributed by atoms with Gasteiger partial charge in [0.2, 0.25) is 0 Å². The Bertz CT molecular complexity index is 1320. The Morgan fingerprint density at radius 3 is 1.97 bits per heavy atom. The summed E-state index contributed by atoms with van der Waals surface area (Å²) in [7, 11) is 0. The molecule has 0 radical (unpaired) electrons. The highest BCUT2D eigenvalue weighted by Gasteiger charge is 2.58. The van der Waals surface area contributed by atoms with Gasteiger partial charge < -0.3 is 10.2 Å². The highest BCUT2D eigenvalue weighted by molar-refractivity contribution is 5.99. The maximum absolute atomic E-state index is 13.8. The van der Waals surface area contributed by atoms with Gasteiger partial charge in [-0.3, -0.25) is 4.79 Å². The van der Waals surface area contributed by atoms with Gasteiger partial charge in [-0.05, 0) is 35.7 Å². The lowest BCUT2D eigenvalue weighted by molar-refractivity contribution is -0.178. The van der Waals surface area contributed by atoms with E-state index in [1.165, 1.54) is 0 Å². The number of hydrogen-bond donors (Lipinski definition) is 1. The van der Waals surface area contributed by atoms with E-state index in [0.717, 1.165) is 22.3 Å². The quantitative estimate of drug-likeness (QED) is 0.387. The smallest absolute Gasteiger partial charge is 0.353 e. The van der Waals surface area contributed by atoms with Gasteiger partial charge >= 0.3 is 5.97 Å². The van der Waals surface area contributed by atoms with Crippen LogP contribution in [0.15, 0.2) is 115 Å². The van der Waals surface area contributed by atoms with Crippen LogP contribution in [0.1, 0.15) is 38.7 Å². The fraction of sp³-hybridized carbons (Fsp3) is 0.161. The summed E-state index contributed by atoms with van der Waals surface area (Å²) < 4.78 is 0. The molecule has 36 heavy (non-hydrogen) atoms. The Morgan fingerprint density at radius 2 is 1.36 bits per heavy atom. The third kappa shape index (κ3) is 4.79. The van der Waals surface area contributed by atoms with Gasteiger partial charge in [0.05, 0.1) is 6.54 Å². The maximum atomic E-state index is 13.8. The van der Waals surface area contributed by atoms with Gasteiger partial charge in [-0.1, -0.05) is 109 Å². The van der Waals surface area contributed by atoms with Crippen molar-refractivity contribution in [1.82, 2.24) is 10.4 Å². The van der Waals surface area contributed by atoms with Crippen LogP contribution in [0.25, 0.3) is 0 Å². The van der Waals surface area contributed by atoms with Crippen LogP contribution in [0.4, 0.5) is 0 Å². The standard InChI is InChI=1S/C31H28N2O3/c1-23-17-19-27(20-18-23)29(34)32-31(21-24-11-5-2-6-12-24)28(26-15-9-4-10-16-26)33(36-30(31)35)22-25-13-7-3-8-14-25/h2-20,28H,21-22H2,1H3,(H,32,34)/t28-,31-/m0/s1. The highest BCUT2D eigenvalue weighted by Crippen LogP contribution is 2.42. The SMILES string of the molecule is Cc1ccc(C(=O)N[C@]2(Cc3ccccc3)C(=O)ON(Cc3ccccc3)[C@H]2c2ccccc2)cc1. The second-order valence-corrected chi connectivity index (χ2v) is 9.21. The van der Waals surface area contributed by atoms with Crippen LogP contribution in [0.2, 0.25) is 0 Å². The summed E-state index contributed by atoms with van der Waals surface area (Å²) >= 11 is 0. The van der Waals surface area contributed by atoms with Crippen molar-refractivity contribution in [2.24, 2.45) is 0 Å². The molecule has 2 atom stereocenters. The third-order valence-corrected chi connectivity index (χ3v) is 6.59. The fourth-order valence-electron chi connectivity index (χ4n) is 4.80. The van der Waals surface area contributed by atoms with E-state index in [9.17, 15) is 9.59 Å². The van der Waals surface area contributed by atoms with Crippen molar-refractivity contribution >= 4 is 11.9 Å². The summed E-state index contributed by atoms with van der Waals surface area (Å²) in [5.74, 6) is -0.790. The zero-order valence-electron chi connectivity index (χ0n) is 20.1. The van der Waals surface area contributed by atoms with E-state index in [0.29, 0.717) is 12.1 Å². The Kier molecular flexibility index (Phi) is 6.65. The first kappa shape index (κ1) is 23.5. The van der Waals surface area contributed by atoms with E-state index >= 15 is 0 Å². The molecule has 5 nitrogen and oxygen atoms in total. The molecule has 0 aliphatic carbocycles. The summed E-state index contributed by atoms with van der Waals surface area (Å²) in [5, 5.41) is 4.84. The number of benzene rings is 4. The van der Waals surface area contributed by atoms with Crippen LogP contribution in [0.3, 0.4) is 0 Å². The lowest BCUT2D eigenvalue weighted by Gasteiger charge is -2.34. The first-order valence-corrected chi connectivity index (χ1v) is 12.1. The summed E-state index contributed by atoms with van der Waals surface area (Å²) in [5.41, 5.74) is 3.04. The van der Waals surface area contributed by atoms with Crippen molar-refractivity contribution < 1.29 is 14.4 Å². The molecule has 4 aromatic carbocycles. The molecule has 0 aromatic heterocycles. The van der Waals surface area contributed by atoms with E-state index in [4.69, 9.17) is 4.84 Å². The number of amides is 1. The Morgan fingerprint density at radius 1 is 0.806 bits per heavy atom. The number of carbonyl (C=O) groups is 2. The zero-order valence-corrected chi connectivity index (χ0v) is 20.1. The minimum Gasteiger partial charge on any atom is -0.365 e. The maximum Gasteiger partial charge on any atom is 0.353 e. The van der Waals surface area contributed by atoms with Crippen LogP contribution < -0.4 is 5.32 Å². The molecule has 4 aromatic rings. The lowest BCUT2D eigenvalue weighted by Crippen LogP contribution is -2.57. The normalized spacial score (nSPS) is 19.6. The van der Waals surface area contributed by atoms with Crippen LogP contribution in [-0.2, 0) is 22.6 Å². The van der Waals surface area contributed by atoms with E-state index in [1.54, 1.807) is 17.2 Å². The topological polar surface area (TPSA) is 58.6 Å². The molecule has 1 aliphatic heterocycles. The number of nitrogens with zero attached hydrogens (tertiary/aromatic N) is 1. The van der Waals surface area contributed by atoms with E-state index in [-0.39, 0.29) is 12.3 Å². The van der Waals surface area contributed by atoms with Gasteiger partial charge in [-0.25, -0.2) is 4.79 Å². The van der Waals surface area contributed by atoms with Gasteiger partial charge in [0.15, 0.2) is 5.54 Å². The minimum absolute atomic E-state index is 0.287. The first-order chi connectivity index (χ1) is 17.5. The second-order valence-electron chi connectivity index (χ2n) is 9.21. The monoisotopic (exact) mass is 476 g/mol. The Balaban J connectivity index is 1.60. The molecular weight excluding hydrogens is 448 g/mol. The Hall–Kier alpha value is -4.22. The van der Waals surface area contributed by atoms with Gasteiger partial charge in [-0.15, -0.1) is 5.06 Å². The van der Waals surface area contributed by atoms with Crippen LogP contribution >= 0.6 is 0 Å². The second kappa shape index (κ2) is 10.2. The summed E-state index contributed by atoms with van der Waals surface area (Å²) in [6.45, 7) is 2.36.